The molecule has 1 aliphatic heterocycles. The van der Waals surface area contributed by atoms with E-state index in [-0.39, 0.29) is 6.54 Å². The molecule has 14 heavy (non-hydrogen) atoms. The van der Waals surface area contributed by atoms with Gasteiger partial charge in [-0.3, -0.25) is 4.90 Å². The molecule has 4 nitrogen and oxygen atoms in total. The highest BCUT2D eigenvalue weighted by molar-refractivity contribution is 5.72. The Morgan fingerprint density at radius 1 is 1.50 bits per heavy atom. The maximum absolute atomic E-state index is 10.7. The van der Waals surface area contributed by atoms with E-state index in [1.165, 1.54) is 0 Å². The summed E-state index contributed by atoms with van der Waals surface area (Å²) in [6, 6.07) is 11.0. The van der Waals surface area contributed by atoms with Gasteiger partial charge in [-0.05, 0) is 5.56 Å². The molecule has 1 amide bonds. The van der Waals surface area contributed by atoms with Gasteiger partial charge in [0.05, 0.1) is 12.6 Å². The van der Waals surface area contributed by atoms with Gasteiger partial charge in [-0.2, -0.15) is 5.26 Å². The van der Waals surface area contributed by atoms with Crippen molar-refractivity contribution in [2.24, 2.45) is 0 Å². The minimum Gasteiger partial charge on any atom is -0.465 e. The van der Waals surface area contributed by atoms with E-state index >= 15 is 0 Å². The molecule has 1 aromatic rings. The van der Waals surface area contributed by atoms with Crippen LogP contribution in [-0.2, 0) is 5.54 Å². The van der Waals surface area contributed by atoms with Gasteiger partial charge >= 0.3 is 6.09 Å². The molecule has 1 N–H and O–H groups in total. The highest BCUT2D eigenvalue weighted by Gasteiger charge is 2.57. The quantitative estimate of drug-likeness (QED) is 0.677. The first-order valence-corrected chi connectivity index (χ1v) is 4.18. The third-order valence-corrected chi connectivity index (χ3v) is 2.41. The summed E-state index contributed by atoms with van der Waals surface area (Å²) in [6.07, 6.45) is -1.05. The lowest BCUT2D eigenvalue weighted by Gasteiger charge is -2.06. The molecule has 4 heteroatoms. The number of carbonyl (C=O) groups is 1. The third-order valence-electron chi connectivity index (χ3n) is 2.41. The average Bonchev–Trinajstić information content (AvgIpc) is 2.95. The summed E-state index contributed by atoms with van der Waals surface area (Å²) in [5.41, 5.74) is -0.197. The minimum atomic E-state index is -1.05. The van der Waals surface area contributed by atoms with Crippen molar-refractivity contribution in [3.8, 4) is 6.07 Å². The van der Waals surface area contributed by atoms with Crippen molar-refractivity contribution in [1.82, 2.24) is 4.90 Å². The zero-order valence-electron chi connectivity index (χ0n) is 7.34. The molecule has 1 heterocycles. The molecule has 1 fully saturated rings. The number of benzene rings is 1. The van der Waals surface area contributed by atoms with Crippen LogP contribution in [0.25, 0.3) is 0 Å². The van der Waals surface area contributed by atoms with Crippen LogP contribution in [0.2, 0.25) is 0 Å². The molecule has 1 aromatic carbocycles. The van der Waals surface area contributed by atoms with Crippen molar-refractivity contribution in [1.29, 1.82) is 5.26 Å². The molecule has 0 saturated carbocycles. The van der Waals surface area contributed by atoms with Gasteiger partial charge in [-0.15, -0.1) is 0 Å². The molecule has 0 radical (unpaired) electrons. The molecular formula is C10H8N2O2. The van der Waals surface area contributed by atoms with Gasteiger partial charge in [0.2, 0.25) is 0 Å². The Balaban J connectivity index is 2.36. The van der Waals surface area contributed by atoms with Gasteiger partial charge in [0.1, 0.15) is 0 Å². The van der Waals surface area contributed by atoms with Crippen molar-refractivity contribution in [3.63, 3.8) is 0 Å². The second-order valence-electron chi connectivity index (χ2n) is 3.21. The predicted molar refractivity (Wildman–Crippen MR) is 48.5 cm³/mol. The van der Waals surface area contributed by atoms with Crippen LogP contribution >= 0.6 is 0 Å². The number of nitrogens with zero attached hydrogens (tertiary/aromatic N) is 2. The summed E-state index contributed by atoms with van der Waals surface area (Å²) < 4.78 is 0. The number of amides is 1. The molecule has 0 bridgehead atoms. The Hall–Kier alpha value is -2.02. The minimum absolute atomic E-state index is 0.267. The van der Waals surface area contributed by atoms with E-state index in [1.54, 1.807) is 24.3 Å². The standard InChI is InChI=1S/C10H8N2O2/c11-6-10(7-12(10)9(13)14)8-4-2-1-3-5-8/h1-5H,7H2,(H,13,14). The monoisotopic (exact) mass is 188 g/mol. The fourth-order valence-electron chi connectivity index (χ4n) is 1.55. The van der Waals surface area contributed by atoms with E-state index in [2.05, 4.69) is 0 Å². The molecular weight excluding hydrogens is 180 g/mol. The average molecular weight is 188 g/mol. The van der Waals surface area contributed by atoms with Crippen molar-refractivity contribution in [3.05, 3.63) is 35.9 Å². The highest BCUT2D eigenvalue weighted by Crippen LogP contribution is 2.41. The Morgan fingerprint density at radius 3 is 2.57 bits per heavy atom. The number of rotatable bonds is 1. The van der Waals surface area contributed by atoms with Crippen LogP contribution in [0.1, 0.15) is 5.56 Å². The van der Waals surface area contributed by atoms with Crippen LogP contribution in [0.5, 0.6) is 0 Å². The molecule has 1 saturated heterocycles. The summed E-state index contributed by atoms with van der Waals surface area (Å²) in [6.45, 7) is 0.267. The Labute approximate surface area is 81.0 Å². The summed E-state index contributed by atoms with van der Waals surface area (Å²) in [5, 5.41) is 17.7. The molecule has 1 aliphatic rings. The van der Waals surface area contributed by atoms with Crippen LogP contribution in [0.15, 0.2) is 30.3 Å². The largest absolute Gasteiger partial charge is 0.465 e. The molecule has 2 rings (SSSR count). The SMILES string of the molecule is N#CC1(c2ccccc2)CN1C(=O)O. The maximum Gasteiger partial charge on any atom is 0.409 e. The maximum atomic E-state index is 10.7. The predicted octanol–water partition coefficient (Wildman–Crippen LogP) is 1.40. The molecule has 70 valence electrons. The van der Waals surface area contributed by atoms with E-state index in [9.17, 15) is 4.79 Å². The first kappa shape index (κ1) is 8.57. The van der Waals surface area contributed by atoms with Crippen molar-refractivity contribution in [2.45, 2.75) is 5.54 Å². The van der Waals surface area contributed by atoms with Gasteiger partial charge in [-0.25, -0.2) is 4.79 Å². The smallest absolute Gasteiger partial charge is 0.409 e. The van der Waals surface area contributed by atoms with E-state index in [0.717, 1.165) is 10.5 Å². The van der Waals surface area contributed by atoms with Gasteiger partial charge in [-0.1, -0.05) is 30.3 Å². The Bertz CT molecular complexity index is 410. The van der Waals surface area contributed by atoms with Crippen molar-refractivity contribution >= 4 is 6.09 Å². The lowest BCUT2D eigenvalue weighted by atomic mass is 10.0. The van der Waals surface area contributed by atoms with E-state index in [0.29, 0.717) is 0 Å². The highest BCUT2D eigenvalue weighted by atomic mass is 16.4. The van der Waals surface area contributed by atoms with Gasteiger partial charge < -0.3 is 5.11 Å². The molecule has 1 atom stereocenters. The second-order valence-corrected chi connectivity index (χ2v) is 3.21. The lowest BCUT2D eigenvalue weighted by Crippen LogP contribution is -2.18. The Kier molecular flexibility index (Phi) is 1.68. The van der Waals surface area contributed by atoms with Crippen LogP contribution in [0, 0.1) is 11.3 Å². The molecule has 1 unspecified atom stereocenters. The van der Waals surface area contributed by atoms with Crippen LogP contribution in [0.3, 0.4) is 0 Å². The van der Waals surface area contributed by atoms with Crippen LogP contribution < -0.4 is 0 Å². The summed E-state index contributed by atoms with van der Waals surface area (Å²) in [7, 11) is 0. The van der Waals surface area contributed by atoms with Crippen LogP contribution in [0.4, 0.5) is 4.79 Å². The zero-order chi connectivity index (χ0) is 10.2. The lowest BCUT2D eigenvalue weighted by molar-refractivity contribution is 0.173. The van der Waals surface area contributed by atoms with Gasteiger partial charge in [0.15, 0.2) is 5.54 Å². The first-order chi connectivity index (χ1) is 6.70. The fraction of sp³-hybridized carbons (Fsp3) is 0.200. The summed E-state index contributed by atoms with van der Waals surface area (Å²) >= 11 is 0. The molecule has 0 aliphatic carbocycles. The second kappa shape index (κ2) is 2.74. The third kappa shape index (κ3) is 1.03. The number of hydrogen-bond acceptors (Lipinski definition) is 2. The van der Waals surface area contributed by atoms with Crippen molar-refractivity contribution in [2.75, 3.05) is 6.54 Å². The Morgan fingerprint density at radius 2 is 2.14 bits per heavy atom. The van der Waals surface area contributed by atoms with Crippen LogP contribution in [-0.4, -0.2) is 22.6 Å². The normalized spacial score (nSPS) is 24.1. The number of carboxylic acid groups (broad SMARTS) is 1. The number of hydrogen-bond donors (Lipinski definition) is 1. The number of nitriles is 1. The van der Waals surface area contributed by atoms with Gasteiger partial charge in [0, 0.05) is 0 Å². The topological polar surface area (TPSA) is 64.1 Å². The van der Waals surface area contributed by atoms with E-state index in [1.807, 2.05) is 12.1 Å². The van der Waals surface area contributed by atoms with Crippen molar-refractivity contribution < 1.29 is 9.90 Å². The van der Waals surface area contributed by atoms with E-state index in [4.69, 9.17) is 10.4 Å². The first-order valence-electron chi connectivity index (χ1n) is 4.18. The summed E-state index contributed by atoms with van der Waals surface area (Å²) in [5.74, 6) is 0. The molecule has 0 aromatic heterocycles. The zero-order valence-corrected chi connectivity index (χ0v) is 7.34. The van der Waals surface area contributed by atoms with E-state index < -0.39 is 11.6 Å². The fourth-order valence-corrected chi connectivity index (χ4v) is 1.55. The summed E-state index contributed by atoms with van der Waals surface area (Å²) in [4.78, 5) is 11.8. The molecule has 0 spiro atoms. The van der Waals surface area contributed by atoms with Gasteiger partial charge in [0.25, 0.3) is 0 Å².